The van der Waals surface area contributed by atoms with Gasteiger partial charge in [-0.2, -0.15) is 0 Å². The Morgan fingerprint density at radius 2 is 1.94 bits per heavy atom. The fourth-order valence-electron chi connectivity index (χ4n) is 5.03. The second kappa shape index (κ2) is 9.34. The molecule has 2 atom stereocenters. The summed E-state index contributed by atoms with van der Waals surface area (Å²) in [5.74, 6) is 0.426. The summed E-state index contributed by atoms with van der Waals surface area (Å²) < 4.78 is 13.6. The zero-order valence-electron chi connectivity index (χ0n) is 19.8. The Labute approximate surface area is 205 Å². The van der Waals surface area contributed by atoms with E-state index in [9.17, 15) is 4.39 Å². The number of nitrogens with one attached hydrogen (secondary N) is 1. The molecule has 0 saturated heterocycles. The van der Waals surface area contributed by atoms with Crippen LogP contribution in [0.25, 0.3) is 22.2 Å². The first-order chi connectivity index (χ1) is 16.4. The van der Waals surface area contributed by atoms with Gasteiger partial charge >= 0.3 is 0 Å². The molecule has 5 rings (SSSR count). The number of rotatable bonds is 6. The number of pyridine rings is 2. The van der Waals surface area contributed by atoms with Crippen LogP contribution in [0.2, 0.25) is 5.02 Å². The van der Waals surface area contributed by atoms with Crippen LogP contribution in [0.3, 0.4) is 0 Å². The van der Waals surface area contributed by atoms with Crippen molar-refractivity contribution in [1.29, 1.82) is 0 Å². The van der Waals surface area contributed by atoms with Gasteiger partial charge in [-0.3, -0.25) is 9.97 Å². The zero-order chi connectivity index (χ0) is 23.8. The van der Waals surface area contributed by atoms with Gasteiger partial charge in [0.25, 0.3) is 0 Å². The van der Waals surface area contributed by atoms with Crippen molar-refractivity contribution in [2.45, 2.75) is 51.9 Å². The van der Waals surface area contributed by atoms with E-state index in [0.717, 1.165) is 64.9 Å². The van der Waals surface area contributed by atoms with Gasteiger partial charge in [-0.15, -0.1) is 0 Å². The van der Waals surface area contributed by atoms with E-state index in [4.69, 9.17) is 16.6 Å². The first-order valence-corrected chi connectivity index (χ1v) is 12.4. The van der Waals surface area contributed by atoms with E-state index >= 15 is 0 Å². The summed E-state index contributed by atoms with van der Waals surface area (Å²) in [6, 6.07) is 15.3. The average Bonchev–Trinajstić information content (AvgIpc) is 3.19. The first kappa shape index (κ1) is 22.8. The lowest BCUT2D eigenvalue weighted by atomic mass is 9.88. The molecule has 34 heavy (non-hydrogen) atoms. The van der Waals surface area contributed by atoms with Crippen LogP contribution < -0.4 is 5.32 Å². The normalized spacial score (nSPS) is 15.9. The summed E-state index contributed by atoms with van der Waals surface area (Å²) in [6.45, 7) is 7.39. The molecule has 4 aromatic rings. The van der Waals surface area contributed by atoms with Gasteiger partial charge < -0.3 is 5.32 Å². The number of nitrogens with zero attached hydrogens (tertiary/aromatic N) is 2. The highest BCUT2D eigenvalue weighted by Crippen LogP contribution is 2.41. The third-order valence-corrected chi connectivity index (χ3v) is 7.06. The van der Waals surface area contributed by atoms with Crippen LogP contribution in [0.4, 0.5) is 10.1 Å². The van der Waals surface area contributed by atoms with Crippen LogP contribution in [0, 0.1) is 12.7 Å². The third-order valence-electron chi connectivity index (χ3n) is 6.77. The second-order valence-electron chi connectivity index (χ2n) is 9.50. The molecule has 1 aliphatic rings. The molecule has 5 heteroatoms. The molecule has 3 nitrogen and oxygen atoms in total. The van der Waals surface area contributed by atoms with E-state index in [2.05, 4.69) is 42.3 Å². The molecule has 0 fully saturated rings. The molecule has 1 aliphatic heterocycles. The second-order valence-corrected chi connectivity index (χ2v) is 9.91. The topological polar surface area (TPSA) is 37.8 Å². The van der Waals surface area contributed by atoms with Gasteiger partial charge in [0.05, 0.1) is 21.9 Å². The predicted molar refractivity (Wildman–Crippen MR) is 139 cm³/mol. The molecule has 0 spiro atoms. The Balaban J connectivity index is 1.58. The number of hydrogen-bond donors (Lipinski definition) is 1. The average molecular weight is 474 g/mol. The van der Waals surface area contributed by atoms with Gasteiger partial charge in [-0.25, -0.2) is 4.39 Å². The van der Waals surface area contributed by atoms with Crippen molar-refractivity contribution in [3.05, 3.63) is 88.0 Å². The molecule has 0 bridgehead atoms. The number of fused-ring (bicyclic) bond motifs is 2. The van der Waals surface area contributed by atoms with E-state index in [1.54, 1.807) is 0 Å². The summed E-state index contributed by atoms with van der Waals surface area (Å²) in [6.07, 6.45) is 4.80. The van der Waals surface area contributed by atoms with E-state index in [-0.39, 0.29) is 11.7 Å². The fraction of sp³-hybridized carbons (Fsp3) is 0.310. The van der Waals surface area contributed by atoms with Gasteiger partial charge in [0, 0.05) is 41.2 Å². The number of halogens is 2. The summed E-state index contributed by atoms with van der Waals surface area (Å²) in [5.41, 5.74) is 8.47. The lowest BCUT2D eigenvalue weighted by molar-refractivity contribution is 0.595. The number of aryl methyl sites for hydroxylation is 1. The quantitative estimate of drug-likeness (QED) is 0.307. The van der Waals surface area contributed by atoms with Crippen molar-refractivity contribution in [2.75, 3.05) is 11.9 Å². The van der Waals surface area contributed by atoms with Gasteiger partial charge in [-0.05, 0) is 85.0 Å². The summed E-state index contributed by atoms with van der Waals surface area (Å²) in [5, 5.41) is 5.29. The van der Waals surface area contributed by atoms with Crippen molar-refractivity contribution in [1.82, 2.24) is 9.97 Å². The van der Waals surface area contributed by atoms with Gasteiger partial charge in [-0.1, -0.05) is 31.9 Å². The van der Waals surface area contributed by atoms with E-state index in [0.29, 0.717) is 10.9 Å². The third kappa shape index (κ3) is 4.39. The molecule has 0 radical (unpaired) electrons. The largest absolute Gasteiger partial charge is 0.382 e. The maximum atomic E-state index is 13.6. The van der Waals surface area contributed by atoms with Crippen molar-refractivity contribution >= 4 is 28.2 Å². The van der Waals surface area contributed by atoms with Crippen molar-refractivity contribution < 1.29 is 4.39 Å². The highest BCUT2D eigenvalue weighted by Gasteiger charge is 2.26. The summed E-state index contributed by atoms with van der Waals surface area (Å²) in [4.78, 5) is 9.68. The van der Waals surface area contributed by atoms with Crippen molar-refractivity contribution in [3.8, 4) is 11.3 Å². The first-order valence-electron chi connectivity index (χ1n) is 12.0. The number of aromatic nitrogens is 2. The Morgan fingerprint density at radius 1 is 1.15 bits per heavy atom. The molecule has 174 valence electrons. The zero-order valence-corrected chi connectivity index (χ0v) is 20.6. The number of anilines is 1. The van der Waals surface area contributed by atoms with Crippen LogP contribution in [0.1, 0.15) is 60.9 Å². The molecular formula is C29H29ClFN3. The lowest BCUT2D eigenvalue weighted by Crippen LogP contribution is -2.08. The standard InChI is InChI=1S/C29H29ClFN3/c1-4-5-21(11-19-12-22-10-17(2)15-32-27(22)25(30)13-19)26-14-24-18(3)16-33-29(24)28(34-26)20-6-8-23(31)9-7-20/h6-10,12-15,18,21,33H,4-5,11,16H2,1-3H3. The fourth-order valence-corrected chi connectivity index (χ4v) is 5.33. The minimum absolute atomic E-state index is 0.236. The SMILES string of the molecule is CCCC(Cc1cc(Cl)c2ncc(C)cc2c1)c1cc2c(c(-c3ccc(F)cc3)n1)NCC2C. The summed E-state index contributed by atoms with van der Waals surface area (Å²) >= 11 is 6.62. The summed E-state index contributed by atoms with van der Waals surface area (Å²) in [7, 11) is 0. The van der Waals surface area contributed by atoms with Crippen LogP contribution in [-0.2, 0) is 6.42 Å². The Bertz CT molecular complexity index is 1350. The van der Waals surface area contributed by atoms with Gasteiger partial charge in [0.1, 0.15) is 5.82 Å². The predicted octanol–water partition coefficient (Wildman–Crippen LogP) is 8.05. The maximum Gasteiger partial charge on any atom is 0.123 e. The van der Waals surface area contributed by atoms with Crippen molar-refractivity contribution in [3.63, 3.8) is 0 Å². The molecule has 0 aliphatic carbocycles. The van der Waals surface area contributed by atoms with Gasteiger partial charge in [0.2, 0.25) is 0 Å². The van der Waals surface area contributed by atoms with E-state index in [1.807, 2.05) is 31.3 Å². The highest BCUT2D eigenvalue weighted by molar-refractivity contribution is 6.35. The minimum Gasteiger partial charge on any atom is -0.382 e. The van der Waals surface area contributed by atoms with Crippen molar-refractivity contribution in [2.24, 2.45) is 0 Å². The van der Waals surface area contributed by atoms with Crippen LogP contribution in [0.15, 0.2) is 54.7 Å². The lowest BCUT2D eigenvalue weighted by Gasteiger charge is -2.20. The van der Waals surface area contributed by atoms with E-state index in [1.165, 1.54) is 23.3 Å². The Hall–Kier alpha value is -2.98. The molecular weight excluding hydrogens is 445 g/mol. The number of hydrogen-bond acceptors (Lipinski definition) is 3. The Kier molecular flexibility index (Phi) is 6.26. The maximum absolute atomic E-state index is 13.6. The molecule has 3 heterocycles. The van der Waals surface area contributed by atoms with E-state index < -0.39 is 0 Å². The molecule has 1 N–H and O–H groups in total. The van der Waals surface area contributed by atoms with Crippen LogP contribution >= 0.6 is 11.6 Å². The molecule has 0 amide bonds. The highest BCUT2D eigenvalue weighted by atomic mass is 35.5. The van der Waals surface area contributed by atoms with Gasteiger partial charge in [0.15, 0.2) is 0 Å². The molecule has 0 saturated carbocycles. The van der Waals surface area contributed by atoms with Crippen LogP contribution in [-0.4, -0.2) is 16.5 Å². The molecule has 2 unspecified atom stereocenters. The monoisotopic (exact) mass is 473 g/mol. The Morgan fingerprint density at radius 3 is 2.71 bits per heavy atom. The number of benzene rings is 2. The smallest absolute Gasteiger partial charge is 0.123 e. The minimum atomic E-state index is -0.236. The van der Waals surface area contributed by atoms with Crippen LogP contribution in [0.5, 0.6) is 0 Å². The molecule has 2 aromatic carbocycles. The molecule has 2 aromatic heterocycles.